The Labute approximate surface area is 163 Å². The first-order valence-electron chi connectivity index (χ1n) is 8.71. The summed E-state index contributed by atoms with van der Waals surface area (Å²) in [6.45, 7) is 1.85. The van der Waals surface area contributed by atoms with Crippen LogP contribution < -0.4 is 5.32 Å². The van der Waals surface area contributed by atoms with Gasteiger partial charge in [0.1, 0.15) is 11.9 Å². The predicted molar refractivity (Wildman–Crippen MR) is 107 cm³/mol. The van der Waals surface area contributed by atoms with Crippen LogP contribution in [0, 0.1) is 12.7 Å². The van der Waals surface area contributed by atoms with E-state index in [0.29, 0.717) is 16.1 Å². The number of benzene rings is 2. The zero-order valence-electron chi connectivity index (χ0n) is 15.0. The number of aliphatic carboxylic acids is 1. The summed E-state index contributed by atoms with van der Waals surface area (Å²) in [6, 6.07) is 12.6. The van der Waals surface area contributed by atoms with Crippen molar-refractivity contribution in [2.75, 3.05) is 0 Å². The second-order valence-corrected chi connectivity index (χ2v) is 7.72. The highest BCUT2D eigenvalue weighted by molar-refractivity contribution is 7.20. The maximum atomic E-state index is 13.4. The van der Waals surface area contributed by atoms with Crippen LogP contribution >= 0.6 is 11.3 Å². The molecule has 0 saturated heterocycles. The van der Waals surface area contributed by atoms with Crippen molar-refractivity contribution in [3.05, 3.63) is 70.5 Å². The topological polar surface area (TPSA) is 82.2 Å². The Morgan fingerprint density at radius 1 is 1.21 bits per heavy atom. The molecule has 4 rings (SSSR count). The largest absolute Gasteiger partial charge is 0.480 e. The second kappa shape index (κ2) is 7.09. The highest BCUT2D eigenvalue weighted by atomic mass is 32.1. The van der Waals surface area contributed by atoms with Gasteiger partial charge < -0.3 is 15.4 Å². The van der Waals surface area contributed by atoms with Crippen molar-refractivity contribution in [1.29, 1.82) is 0 Å². The molecular weight excluding hydrogens is 379 g/mol. The molecule has 0 saturated carbocycles. The van der Waals surface area contributed by atoms with Gasteiger partial charge in [-0.05, 0) is 48.2 Å². The first-order chi connectivity index (χ1) is 13.4. The average Bonchev–Trinajstić information content (AvgIpc) is 3.22. The minimum absolute atomic E-state index is 0.0775. The van der Waals surface area contributed by atoms with Crippen LogP contribution in [0.25, 0.3) is 21.0 Å². The average molecular weight is 396 g/mol. The summed E-state index contributed by atoms with van der Waals surface area (Å²) in [5, 5.41) is 14.0. The zero-order chi connectivity index (χ0) is 19.8. The number of nitrogens with one attached hydrogen (secondary N) is 2. The lowest BCUT2D eigenvalue weighted by Gasteiger charge is -2.14. The van der Waals surface area contributed by atoms with Crippen LogP contribution in [0.2, 0.25) is 0 Å². The molecule has 0 spiro atoms. The van der Waals surface area contributed by atoms with Crippen molar-refractivity contribution in [3.8, 4) is 0 Å². The SMILES string of the molecule is Cc1c(CC(NC(=O)c2cc3ccccc3s2)C(=O)O)[nH]c2cc(F)ccc12. The van der Waals surface area contributed by atoms with E-state index in [2.05, 4.69) is 10.3 Å². The third kappa shape index (κ3) is 3.36. The summed E-state index contributed by atoms with van der Waals surface area (Å²) in [4.78, 5) is 27.9. The van der Waals surface area contributed by atoms with E-state index in [1.807, 2.05) is 31.2 Å². The van der Waals surface area contributed by atoms with Gasteiger partial charge in [-0.2, -0.15) is 0 Å². The van der Waals surface area contributed by atoms with Crippen LogP contribution in [0.15, 0.2) is 48.5 Å². The fourth-order valence-electron chi connectivity index (χ4n) is 3.30. The Morgan fingerprint density at radius 2 is 2.00 bits per heavy atom. The highest BCUT2D eigenvalue weighted by Gasteiger charge is 2.24. The molecule has 1 atom stereocenters. The van der Waals surface area contributed by atoms with Gasteiger partial charge in [0.05, 0.1) is 4.88 Å². The predicted octanol–water partition coefficient (Wildman–Crippen LogP) is 4.26. The smallest absolute Gasteiger partial charge is 0.326 e. The number of carboxylic acids is 1. The number of halogens is 1. The first kappa shape index (κ1) is 18.2. The molecular formula is C21H17FN2O3S. The zero-order valence-corrected chi connectivity index (χ0v) is 15.8. The molecule has 4 aromatic rings. The number of H-pyrrole nitrogens is 1. The normalized spacial score (nSPS) is 12.4. The fraction of sp³-hybridized carbons (Fsp3) is 0.143. The molecule has 1 amide bonds. The van der Waals surface area contributed by atoms with Crippen molar-refractivity contribution in [2.24, 2.45) is 0 Å². The molecule has 28 heavy (non-hydrogen) atoms. The van der Waals surface area contributed by atoms with E-state index in [1.165, 1.54) is 23.5 Å². The second-order valence-electron chi connectivity index (χ2n) is 6.64. The Balaban J connectivity index is 1.58. The number of aromatic amines is 1. The van der Waals surface area contributed by atoms with Crippen LogP contribution in [-0.4, -0.2) is 28.0 Å². The standard InChI is InChI=1S/C21H17FN2O3S/c1-11-14-7-6-13(22)9-16(14)23-15(11)10-17(21(26)27)24-20(25)19-8-12-4-2-3-5-18(12)28-19/h2-9,17,23H,10H2,1H3,(H,24,25)(H,26,27). The number of fused-ring (bicyclic) bond motifs is 2. The molecule has 0 aliphatic rings. The molecule has 0 fully saturated rings. The molecule has 1 unspecified atom stereocenters. The molecule has 2 aromatic heterocycles. The molecule has 0 radical (unpaired) electrons. The number of thiophene rings is 1. The van der Waals surface area contributed by atoms with E-state index in [-0.39, 0.29) is 12.2 Å². The van der Waals surface area contributed by atoms with Gasteiger partial charge in [0.15, 0.2) is 0 Å². The Bertz CT molecular complexity index is 1180. The fourth-order valence-corrected chi connectivity index (χ4v) is 4.26. The summed E-state index contributed by atoms with van der Waals surface area (Å²) in [5.41, 5.74) is 2.11. The first-order valence-corrected chi connectivity index (χ1v) is 9.53. The lowest BCUT2D eigenvalue weighted by atomic mass is 10.1. The number of carbonyl (C=O) groups is 2. The molecule has 5 nitrogen and oxygen atoms in total. The van der Waals surface area contributed by atoms with E-state index in [9.17, 15) is 19.1 Å². The van der Waals surface area contributed by atoms with Gasteiger partial charge >= 0.3 is 5.97 Å². The summed E-state index contributed by atoms with van der Waals surface area (Å²) in [5.74, 6) is -1.92. The van der Waals surface area contributed by atoms with Gasteiger partial charge in [0, 0.05) is 27.7 Å². The monoisotopic (exact) mass is 396 g/mol. The lowest BCUT2D eigenvalue weighted by Crippen LogP contribution is -2.42. The minimum Gasteiger partial charge on any atom is -0.480 e. The minimum atomic E-state index is -1.13. The highest BCUT2D eigenvalue weighted by Crippen LogP contribution is 2.26. The molecule has 142 valence electrons. The molecule has 0 bridgehead atoms. The van der Waals surface area contributed by atoms with Crippen LogP contribution in [0.1, 0.15) is 20.9 Å². The number of aryl methyl sites for hydroxylation is 1. The molecule has 0 aliphatic carbocycles. The number of carbonyl (C=O) groups excluding carboxylic acids is 1. The van der Waals surface area contributed by atoms with Crippen LogP contribution in [0.5, 0.6) is 0 Å². The van der Waals surface area contributed by atoms with Crippen LogP contribution in [0.4, 0.5) is 4.39 Å². The van der Waals surface area contributed by atoms with E-state index < -0.39 is 17.9 Å². The number of carboxylic acid groups (broad SMARTS) is 1. The summed E-state index contributed by atoms with van der Waals surface area (Å²) >= 11 is 1.32. The van der Waals surface area contributed by atoms with Crippen molar-refractivity contribution < 1.29 is 19.1 Å². The van der Waals surface area contributed by atoms with Gasteiger partial charge in [0.2, 0.25) is 0 Å². The van der Waals surface area contributed by atoms with E-state index in [1.54, 1.807) is 12.1 Å². The maximum Gasteiger partial charge on any atom is 0.326 e. The molecule has 2 aromatic carbocycles. The van der Waals surface area contributed by atoms with Crippen molar-refractivity contribution in [3.63, 3.8) is 0 Å². The van der Waals surface area contributed by atoms with Gasteiger partial charge in [-0.3, -0.25) is 4.79 Å². The Morgan fingerprint density at radius 3 is 2.75 bits per heavy atom. The number of amides is 1. The van der Waals surface area contributed by atoms with Gasteiger partial charge in [0.25, 0.3) is 5.91 Å². The quantitative estimate of drug-likeness (QED) is 0.471. The molecule has 2 heterocycles. The van der Waals surface area contributed by atoms with Crippen molar-refractivity contribution in [2.45, 2.75) is 19.4 Å². The van der Waals surface area contributed by atoms with Gasteiger partial charge in [-0.15, -0.1) is 11.3 Å². The number of rotatable bonds is 5. The Hall–Kier alpha value is -3.19. The summed E-state index contributed by atoms with van der Waals surface area (Å²) in [6.07, 6.45) is 0.0775. The maximum absolute atomic E-state index is 13.4. The van der Waals surface area contributed by atoms with Gasteiger partial charge in [-0.25, -0.2) is 9.18 Å². The van der Waals surface area contributed by atoms with E-state index in [0.717, 1.165) is 21.0 Å². The molecule has 0 aliphatic heterocycles. The molecule has 7 heteroatoms. The molecule has 3 N–H and O–H groups in total. The lowest BCUT2D eigenvalue weighted by molar-refractivity contribution is -0.139. The van der Waals surface area contributed by atoms with Crippen molar-refractivity contribution in [1.82, 2.24) is 10.3 Å². The van der Waals surface area contributed by atoms with Crippen LogP contribution in [-0.2, 0) is 11.2 Å². The van der Waals surface area contributed by atoms with Gasteiger partial charge in [-0.1, -0.05) is 18.2 Å². The van der Waals surface area contributed by atoms with E-state index in [4.69, 9.17) is 0 Å². The van der Waals surface area contributed by atoms with Crippen LogP contribution in [0.3, 0.4) is 0 Å². The van der Waals surface area contributed by atoms with Crippen molar-refractivity contribution >= 4 is 44.2 Å². The van der Waals surface area contributed by atoms with E-state index >= 15 is 0 Å². The summed E-state index contributed by atoms with van der Waals surface area (Å²) in [7, 11) is 0. The summed E-state index contributed by atoms with van der Waals surface area (Å²) < 4.78 is 14.4. The third-order valence-electron chi connectivity index (χ3n) is 4.78. The number of hydrogen-bond donors (Lipinski definition) is 3. The number of aromatic nitrogens is 1. The Kier molecular flexibility index (Phi) is 4.60. The number of hydrogen-bond acceptors (Lipinski definition) is 3. The third-order valence-corrected chi connectivity index (χ3v) is 5.90.